The molecule has 0 saturated carbocycles. The molecular formula is C9H13N3O2. The number of nitrogens with zero attached hydrogens (tertiary/aromatic N) is 3. The third-order valence-electron chi connectivity index (χ3n) is 2.67. The lowest BCUT2D eigenvalue weighted by atomic mass is 9.82. The molecule has 0 spiro atoms. The molecule has 0 radical (unpaired) electrons. The Bertz CT molecular complexity index is 366. The van der Waals surface area contributed by atoms with Crippen molar-refractivity contribution in [2.24, 2.45) is 12.5 Å². The number of aliphatic carboxylic acids is 1. The smallest absolute Gasteiger partial charge is 0.312 e. The van der Waals surface area contributed by atoms with Gasteiger partial charge in [-0.15, -0.1) is 0 Å². The molecule has 76 valence electrons. The number of carboxylic acids is 1. The first-order chi connectivity index (χ1) is 6.53. The van der Waals surface area contributed by atoms with Crippen LogP contribution >= 0.6 is 0 Å². The highest BCUT2D eigenvalue weighted by molar-refractivity contribution is 5.78. The number of hydrogen-bond acceptors (Lipinski definition) is 3. The maximum atomic E-state index is 10.8. The Labute approximate surface area is 82.0 Å². The molecule has 0 aromatic carbocycles. The van der Waals surface area contributed by atoms with Gasteiger partial charge in [-0.1, -0.05) is 0 Å². The van der Waals surface area contributed by atoms with E-state index >= 15 is 0 Å². The predicted octanol–water partition coefficient (Wildman–Crippen LogP) is 0.331. The summed E-state index contributed by atoms with van der Waals surface area (Å²) in [6.45, 7) is 2.83. The van der Waals surface area contributed by atoms with Gasteiger partial charge in [0.05, 0.1) is 0 Å². The van der Waals surface area contributed by atoms with E-state index in [0.717, 1.165) is 5.95 Å². The van der Waals surface area contributed by atoms with Crippen LogP contribution in [0.3, 0.4) is 0 Å². The standard InChI is InChI=1S/C9H13N3O2/c1-9(7(13)14)5-12(6-9)8-10-3-4-11(8)2/h3-4H,5-6H2,1-2H3,(H,13,14). The lowest BCUT2D eigenvalue weighted by Crippen LogP contribution is -2.59. The third-order valence-corrected chi connectivity index (χ3v) is 2.67. The molecule has 2 heterocycles. The lowest BCUT2D eigenvalue weighted by Gasteiger charge is -2.45. The SMILES string of the molecule is Cn1ccnc1N1CC(C)(C(=O)O)C1. The van der Waals surface area contributed by atoms with Gasteiger partial charge in [-0.05, 0) is 6.92 Å². The van der Waals surface area contributed by atoms with Crippen LogP contribution in [0, 0.1) is 5.41 Å². The number of imidazole rings is 1. The number of aryl methyl sites for hydroxylation is 1. The van der Waals surface area contributed by atoms with Gasteiger partial charge in [-0.25, -0.2) is 4.98 Å². The second-order valence-corrected chi connectivity index (χ2v) is 4.06. The molecular weight excluding hydrogens is 182 g/mol. The van der Waals surface area contributed by atoms with Gasteiger partial charge in [0.2, 0.25) is 5.95 Å². The molecule has 1 aromatic rings. The molecule has 0 aliphatic carbocycles. The second kappa shape index (κ2) is 2.73. The van der Waals surface area contributed by atoms with E-state index in [4.69, 9.17) is 5.11 Å². The van der Waals surface area contributed by atoms with Crippen molar-refractivity contribution in [2.45, 2.75) is 6.92 Å². The fourth-order valence-electron chi connectivity index (χ4n) is 1.74. The van der Waals surface area contributed by atoms with Crippen LogP contribution in [0.25, 0.3) is 0 Å². The van der Waals surface area contributed by atoms with Gasteiger partial charge < -0.3 is 14.6 Å². The van der Waals surface area contributed by atoms with Crippen LogP contribution in [-0.4, -0.2) is 33.7 Å². The zero-order valence-corrected chi connectivity index (χ0v) is 8.27. The van der Waals surface area contributed by atoms with E-state index in [0.29, 0.717) is 13.1 Å². The van der Waals surface area contributed by atoms with Crippen molar-refractivity contribution in [1.82, 2.24) is 9.55 Å². The van der Waals surface area contributed by atoms with Crippen LogP contribution in [0.15, 0.2) is 12.4 Å². The van der Waals surface area contributed by atoms with Crippen molar-refractivity contribution in [3.05, 3.63) is 12.4 Å². The first-order valence-corrected chi connectivity index (χ1v) is 4.49. The summed E-state index contributed by atoms with van der Waals surface area (Å²) in [5, 5.41) is 8.92. The van der Waals surface area contributed by atoms with E-state index in [-0.39, 0.29) is 0 Å². The Kier molecular flexibility index (Phi) is 1.77. The third kappa shape index (κ3) is 1.16. The highest BCUT2D eigenvalue weighted by atomic mass is 16.4. The first kappa shape index (κ1) is 9.05. The summed E-state index contributed by atoms with van der Waals surface area (Å²) in [6.07, 6.45) is 3.57. The van der Waals surface area contributed by atoms with Gasteiger partial charge in [-0.2, -0.15) is 0 Å². The van der Waals surface area contributed by atoms with Gasteiger partial charge >= 0.3 is 5.97 Å². The summed E-state index contributed by atoms with van der Waals surface area (Å²) in [6, 6.07) is 0. The molecule has 1 aromatic heterocycles. The molecule has 0 amide bonds. The van der Waals surface area contributed by atoms with Crippen LogP contribution in [0.5, 0.6) is 0 Å². The largest absolute Gasteiger partial charge is 0.481 e. The molecule has 1 N–H and O–H groups in total. The Hall–Kier alpha value is -1.52. The van der Waals surface area contributed by atoms with Gasteiger partial charge in [0.15, 0.2) is 0 Å². The van der Waals surface area contributed by atoms with Crippen LogP contribution < -0.4 is 4.90 Å². The molecule has 14 heavy (non-hydrogen) atoms. The minimum atomic E-state index is -0.733. The van der Waals surface area contributed by atoms with Gasteiger partial charge in [-0.3, -0.25) is 4.79 Å². The average Bonchev–Trinajstić information content (AvgIpc) is 2.45. The van der Waals surface area contributed by atoms with Gasteiger partial charge in [0, 0.05) is 32.5 Å². The van der Waals surface area contributed by atoms with Crippen LogP contribution in [0.4, 0.5) is 5.95 Å². The summed E-state index contributed by atoms with van der Waals surface area (Å²) in [5.74, 6) is 0.103. The molecule has 1 aliphatic rings. The first-order valence-electron chi connectivity index (χ1n) is 4.49. The van der Waals surface area contributed by atoms with Crippen molar-refractivity contribution in [2.75, 3.05) is 18.0 Å². The van der Waals surface area contributed by atoms with Crippen molar-refractivity contribution >= 4 is 11.9 Å². The van der Waals surface area contributed by atoms with E-state index in [1.54, 1.807) is 13.1 Å². The summed E-state index contributed by atoms with van der Waals surface area (Å²) in [5.41, 5.74) is -0.605. The summed E-state index contributed by atoms with van der Waals surface area (Å²) in [4.78, 5) is 17.0. The molecule has 5 nitrogen and oxygen atoms in total. The zero-order valence-electron chi connectivity index (χ0n) is 8.27. The average molecular weight is 195 g/mol. The van der Waals surface area contributed by atoms with E-state index in [1.807, 2.05) is 22.7 Å². The van der Waals surface area contributed by atoms with Crippen LogP contribution in [0.1, 0.15) is 6.92 Å². The van der Waals surface area contributed by atoms with Crippen molar-refractivity contribution in [3.8, 4) is 0 Å². The Balaban J connectivity index is 2.08. The van der Waals surface area contributed by atoms with Crippen LogP contribution in [0.2, 0.25) is 0 Å². The number of carbonyl (C=O) groups is 1. The monoisotopic (exact) mass is 195 g/mol. The van der Waals surface area contributed by atoms with E-state index in [9.17, 15) is 4.79 Å². The minimum Gasteiger partial charge on any atom is -0.481 e. The molecule has 1 fully saturated rings. The van der Waals surface area contributed by atoms with Crippen molar-refractivity contribution in [1.29, 1.82) is 0 Å². The molecule has 0 bridgehead atoms. The Morgan fingerprint density at radius 1 is 1.64 bits per heavy atom. The van der Waals surface area contributed by atoms with E-state index < -0.39 is 11.4 Å². The number of carboxylic acid groups (broad SMARTS) is 1. The quantitative estimate of drug-likeness (QED) is 0.738. The molecule has 5 heteroatoms. The molecule has 2 rings (SSSR count). The summed E-state index contributed by atoms with van der Waals surface area (Å²) >= 11 is 0. The normalized spacial score (nSPS) is 19.1. The summed E-state index contributed by atoms with van der Waals surface area (Å²) in [7, 11) is 1.90. The molecule has 1 aliphatic heterocycles. The van der Waals surface area contributed by atoms with Crippen molar-refractivity contribution in [3.63, 3.8) is 0 Å². The van der Waals surface area contributed by atoms with E-state index in [2.05, 4.69) is 4.98 Å². The lowest BCUT2D eigenvalue weighted by molar-refractivity contribution is -0.149. The predicted molar refractivity (Wildman–Crippen MR) is 51.2 cm³/mol. The Morgan fingerprint density at radius 2 is 2.29 bits per heavy atom. The topological polar surface area (TPSA) is 58.4 Å². The number of hydrogen-bond donors (Lipinski definition) is 1. The molecule has 0 atom stereocenters. The van der Waals surface area contributed by atoms with Crippen molar-refractivity contribution < 1.29 is 9.90 Å². The van der Waals surface area contributed by atoms with E-state index in [1.165, 1.54) is 0 Å². The zero-order chi connectivity index (χ0) is 10.3. The fraction of sp³-hybridized carbons (Fsp3) is 0.556. The fourth-order valence-corrected chi connectivity index (χ4v) is 1.74. The van der Waals surface area contributed by atoms with Gasteiger partial charge in [0.25, 0.3) is 0 Å². The van der Waals surface area contributed by atoms with Gasteiger partial charge in [0.1, 0.15) is 5.41 Å². The highest BCUT2D eigenvalue weighted by Crippen LogP contribution is 2.32. The maximum Gasteiger partial charge on any atom is 0.312 e. The second-order valence-electron chi connectivity index (χ2n) is 4.06. The highest BCUT2D eigenvalue weighted by Gasteiger charge is 2.46. The minimum absolute atomic E-state index is 0.535. The maximum absolute atomic E-state index is 10.8. The molecule has 1 saturated heterocycles. The number of rotatable bonds is 2. The van der Waals surface area contributed by atoms with Crippen LogP contribution in [-0.2, 0) is 11.8 Å². The number of anilines is 1. The number of aromatic nitrogens is 2. The summed E-state index contributed by atoms with van der Waals surface area (Å²) < 4.78 is 1.89. The Morgan fingerprint density at radius 3 is 2.71 bits per heavy atom. The molecule has 0 unspecified atom stereocenters.